The molecular formula is C27H41ClN6O2. The van der Waals surface area contributed by atoms with Crippen LogP contribution in [0.25, 0.3) is 0 Å². The van der Waals surface area contributed by atoms with E-state index in [1.54, 1.807) is 0 Å². The predicted octanol–water partition coefficient (Wildman–Crippen LogP) is 2.12. The molecule has 0 bridgehead atoms. The van der Waals surface area contributed by atoms with Crippen LogP contribution in [0.5, 0.6) is 0 Å². The molecule has 8 nitrogen and oxygen atoms in total. The van der Waals surface area contributed by atoms with E-state index in [9.17, 15) is 9.59 Å². The Balaban J connectivity index is 1.08. The van der Waals surface area contributed by atoms with Crippen molar-refractivity contribution < 1.29 is 9.59 Å². The number of hydrogen-bond donors (Lipinski definition) is 2. The van der Waals surface area contributed by atoms with Gasteiger partial charge in [-0.3, -0.25) is 14.6 Å². The van der Waals surface area contributed by atoms with Gasteiger partial charge in [0, 0.05) is 81.5 Å². The average Bonchev–Trinajstić information content (AvgIpc) is 3.69. The largest absolute Gasteiger partial charge is 0.388 e. The van der Waals surface area contributed by atoms with E-state index in [1.807, 2.05) is 23.3 Å². The zero-order chi connectivity index (χ0) is 25.3. The maximum atomic E-state index is 12.5. The third kappa shape index (κ3) is 8.46. The third-order valence-electron chi connectivity index (χ3n) is 7.49. The lowest BCUT2D eigenvalue weighted by atomic mass is 9.90. The Morgan fingerprint density at radius 3 is 2.53 bits per heavy atom. The normalized spacial score (nSPS) is 24.1. The molecule has 3 N–H and O–H groups in total. The van der Waals surface area contributed by atoms with E-state index in [4.69, 9.17) is 17.3 Å². The van der Waals surface area contributed by atoms with E-state index in [0.29, 0.717) is 5.92 Å². The molecule has 4 aliphatic rings. The molecule has 198 valence electrons. The van der Waals surface area contributed by atoms with Crippen LogP contribution < -0.4 is 11.1 Å². The van der Waals surface area contributed by atoms with Crippen molar-refractivity contribution >= 4 is 29.6 Å². The summed E-state index contributed by atoms with van der Waals surface area (Å²) in [6.07, 6.45) is 15.0. The molecule has 0 aromatic heterocycles. The smallest absolute Gasteiger partial charge is 0.223 e. The van der Waals surface area contributed by atoms with Crippen molar-refractivity contribution in [2.45, 2.75) is 44.6 Å². The number of carbonyl (C=O) groups is 2. The lowest BCUT2D eigenvalue weighted by molar-refractivity contribution is -0.133. The number of rotatable bonds is 14. The topological polar surface area (TPSA) is 94.3 Å². The molecule has 2 heterocycles. The van der Waals surface area contributed by atoms with Crippen LogP contribution in [0, 0.1) is 11.8 Å². The number of nitrogens with zero attached hydrogens (tertiary/aromatic N) is 4. The Labute approximate surface area is 220 Å². The standard InChI is InChI=1S/C27H41ClN6O2/c28-22-5-6-23-24(9-11-31-25(23)19-22)30-10-1-12-32-15-17-33(18-16-32)13-2-14-34(20-21-3-4-21)27(36)8-7-26(29)35/h5-6,9,11,19,21,23,25,30H,1-4,7-8,10,12-18,20H2,(H2,29,35). The summed E-state index contributed by atoms with van der Waals surface area (Å²) in [5.74, 6) is 0.589. The Morgan fingerprint density at radius 2 is 1.83 bits per heavy atom. The highest BCUT2D eigenvalue weighted by atomic mass is 35.5. The van der Waals surface area contributed by atoms with Crippen molar-refractivity contribution in [2.24, 2.45) is 22.6 Å². The van der Waals surface area contributed by atoms with Gasteiger partial charge in [0.2, 0.25) is 11.8 Å². The number of dihydropyridines is 1. The van der Waals surface area contributed by atoms with E-state index in [0.717, 1.165) is 76.8 Å². The monoisotopic (exact) mass is 516 g/mol. The molecule has 2 amide bonds. The van der Waals surface area contributed by atoms with Crippen molar-refractivity contribution in [1.29, 1.82) is 0 Å². The van der Waals surface area contributed by atoms with Crippen LogP contribution in [0.2, 0.25) is 0 Å². The second-order valence-electron chi connectivity index (χ2n) is 10.4. The van der Waals surface area contributed by atoms with Gasteiger partial charge in [0.25, 0.3) is 0 Å². The fraction of sp³-hybridized carbons (Fsp3) is 0.667. The molecule has 1 saturated carbocycles. The van der Waals surface area contributed by atoms with Gasteiger partial charge in [-0.1, -0.05) is 17.7 Å². The summed E-state index contributed by atoms with van der Waals surface area (Å²) in [5.41, 5.74) is 6.45. The number of nitrogens with two attached hydrogens (primary N) is 1. The maximum absolute atomic E-state index is 12.5. The highest BCUT2D eigenvalue weighted by Gasteiger charge is 2.27. The zero-order valence-corrected chi connectivity index (χ0v) is 22.0. The minimum absolute atomic E-state index is 0.0747. The summed E-state index contributed by atoms with van der Waals surface area (Å²) in [6, 6.07) is 0.108. The molecule has 9 heteroatoms. The lowest BCUT2D eigenvalue weighted by Gasteiger charge is -2.35. The third-order valence-corrected chi connectivity index (χ3v) is 7.75. The minimum Gasteiger partial charge on any atom is -0.388 e. The summed E-state index contributed by atoms with van der Waals surface area (Å²) in [6.45, 7) is 9.03. The molecule has 0 spiro atoms. The van der Waals surface area contributed by atoms with Gasteiger partial charge in [0.05, 0.1) is 6.04 Å². The van der Waals surface area contributed by atoms with Crippen molar-refractivity contribution in [3.8, 4) is 0 Å². The Morgan fingerprint density at radius 1 is 1.11 bits per heavy atom. The molecule has 2 fully saturated rings. The molecule has 4 rings (SSSR count). The van der Waals surface area contributed by atoms with Gasteiger partial charge in [-0.25, -0.2) is 0 Å². The van der Waals surface area contributed by atoms with Crippen LogP contribution in [0.1, 0.15) is 38.5 Å². The molecule has 36 heavy (non-hydrogen) atoms. The summed E-state index contributed by atoms with van der Waals surface area (Å²) >= 11 is 6.12. The fourth-order valence-corrected chi connectivity index (χ4v) is 5.34. The van der Waals surface area contributed by atoms with Crippen LogP contribution in [-0.2, 0) is 9.59 Å². The number of allylic oxidation sites excluding steroid dienone is 3. The van der Waals surface area contributed by atoms with Crippen molar-refractivity contribution in [1.82, 2.24) is 20.0 Å². The van der Waals surface area contributed by atoms with Crippen LogP contribution in [0.3, 0.4) is 0 Å². The number of hydrogen-bond acceptors (Lipinski definition) is 6. The molecule has 2 aliphatic carbocycles. The van der Waals surface area contributed by atoms with Crippen molar-refractivity contribution in [3.63, 3.8) is 0 Å². The van der Waals surface area contributed by atoms with E-state index in [2.05, 4.69) is 32.3 Å². The molecule has 0 aromatic carbocycles. The van der Waals surface area contributed by atoms with E-state index in [1.165, 1.54) is 18.5 Å². The van der Waals surface area contributed by atoms with Crippen LogP contribution in [0.4, 0.5) is 0 Å². The SMILES string of the molecule is NC(=O)CCC(=O)N(CCCN1CCN(CCCNC2=CC=NC3C=C(Cl)C=CC23)CC1)CC1CC1. The van der Waals surface area contributed by atoms with Gasteiger partial charge >= 0.3 is 0 Å². The summed E-state index contributed by atoms with van der Waals surface area (Å²) < 4.78 is 0. The summed E-state index contributed by atoms with van der Waals surface area (Å²) in [7, 11) is 0. The van der Waals surface area contributed by atoms with Gasteiger partial charge in [0.1, 0.15) is 0 Å². The average molecular weight is 517 g/mol. The fourth-order valence-electron chi connectivity index (χ4n) is 5.14. The number of amides is 2. The number of carbonyl (C=O) groups excluding carboxylic acids is 2. The van der Waals surface area contributed by atoms with Gasteiger partial charge in [-0.2, -0.15) is 0 Å². The van der Waals surface area contributed by atoms with E-state index >= 15 is 0 Å². The van der Waals surface area contributed by atoms with Crippen LogP contribution >= 0.6 is 11.6 Å². The van der Waals surface area contributed by atoms with Gasteiger partial charge < -0.3 is 25.8 Å². The number of halogens is 1. The van der Waals surface area contributed by atoms with E-state index < -0.39 is 5.91 Å². The second kappa shape index (κ2) is 13.4. The Kier molecular flexibility index (Phi) is 10.0. The number of fused-ring (bicyclic) bond motifs is 1. The zero-order valence-electron chi connectivity index (χ0n) is 21.3. The highest BCUT2D eigenvalue weighted by molar-refractivity contribution is 6.31. The van der Waals surface area contributed by atoms with Crippen molar-refractivity contribution in [3.05, 3.63) is 35.0 Å². The molecule has 2 aliphatic heterocycles. The number of primary amides is 1. The predicted molar refractivity (Wildman–Crippen MR) is 145 cm³/mol. The van der Waals surface area contributed by atoms with Crippen molar-refractivity contribution in [2.75, 3.05) is 58.9 Å². The Bertz CT molecular complexity index is 889. The Hall–Kier alpha value is -2.16. The van der Waals surface area contributed by atoms with E-state index in [-0.39, 0.29) is 30.7 Å². The molecule has 0 aromatic rings. The molecule has 1 saturated heterocycles. The number of nitrogens with one attached hydrogen (secondary N) is 1. The van der Waals surface area contributed by atoms with Gasteiger partial charge in [-0.15, -0.1) is 0 Å². The number of piperazine rings is 1. The lowest BCUT2D eigenvalue weighted by Crippen LogP contribution is -2.47. The molecule has 2 atom stereocenters. The summed E-state index contributed by atoms with van der Waals surface area (Å²) in [4.78, 5) is 35.1. The molecule has 2 unspecified atom stereocenters. The van der Waals surface area contributed by atoms with Gasteiger partial charge in [-0.05, 0) is 62.9 Å². The first-order valence-electron chi connectivity index (χ1n) is 13.5. The second-order valence-corrected chi connectivity index (χ2v) is 10.9. The highest BCUT2D eigenvalue weighted by Crippen LogP contribution is 2.30. The number of aliphatic imine (C=N–C) groups is 1. The summed E-state index contributed by atoms with van der Waals surface area (Å²) in [5, 5.41) is 4.38. The van der Waals surface area contributed by atoms with Crippen LogP contribution in [0.15, 0.2) is 40.0 Å². The molecular weight excluding hydrogens is 476 g/mol. The van der Waals surface area contributed by atoms with Gasteiger partial charge in [0.15, 0.2) is 0 Å². The quantitative estimate of drug-likeness (QED) is 0.345. The first kappa shape index (κ1) is 26.9. The first-order chi connectivity index (χ1) is 17.5. The van der Waals surface area contributed by atoms with Crippen LogP contribution in [-0.4, -0.2) is 97.7 Å². The maximum Gasteiger partial charge on any atom is 0.223 e. The molecule has 0 radical (unpaired) electrons. The minimum atomic E-state index is -0.401. The first-order valence-corrected chi connectivity index (χ1v) is 13.9.